The third-order valence-electron chi connectivity index (χ3n) is 4.64. The molecule has 0 aromatic carbocycles. The van der Waals surface area contributed by atoms with Crippen LogP contribution in [-0.4, -0.2) is 60.7 Å². The molecule has 1 fully saturated rings. The highest BCUT2D eigenvalue weighted by Gasteiger charge is 2.39. The molecule has 140 valence electrons. The van der Waals surface area contributed by atoms with Crippen LogP contribution in [0, 0.1) is 6.92 Å². The van der Waals surface area contributed by atoms with E-state index in [0.717, 1.165) is 0 Å². The van der Waals surface area contributed by atoms with Gasteiger partial charge < -0.3 is 10.2 Å². The maximum Gasteiger partial charge on any atom is 0.293 e. The number of aromatic amines is 2. The van der Waals surface area contributed by atoms with Crippen molar-refractivity contribution >= 4 is 11.8 Å². The van der Waals surface area contributed by atoms with Crippen LogP contribution >= 0.6 is 0 Å². The first-order chi connectivity index (χ1) is 12.1. The molecule has 0 radical (unpaired) electrons. The van der Waals surface area contributed by atoms with E-state index in [9.17, 15) is 9.59 Å². The number of likely N-dealkylation sites (tertiary alicyclic amines) is 1. The molecule has 1 unspecified atom stereocenters. The standard InChI is InChI=1S/C17H25N7O2/c1-10-11(8-18-21-10)13(25)20-17(5)6-7-24(9-17)14(26)12-19-15(23-22-12)16(2,3)4/h8H,6-7,9H2,1-5H3,(H,18,21)(H,20,25)(H,19,22,23). The van der Waals surface area contributed by atoms with Crippen molar-refractivity contribution in [2.24, 2.45) is 0 Å². The number of carbonyl (C=O) groups is 2. The Kier molecular flexibility index (Phi) is 4.33. The average Bonchev–Trinajstić information content (AvgIpc) is 3.25. The van der Waals surface area contributed by atoms with Crippen LogP contribution in [-0.2, 0) is 5.41 Å². The number of rotatable bonds is 3. The second kappa shape index (κ2) is 6.22. The fourth-order valence-electron chi connectivity index (χ4n) is 2.99. The molecule has 2 amide bonds. The van der Waals surface area contributed by atoms with E-state index in [4.69, 9.17) is 0 Å². The second-order valence-electron chi connectivity index (χ2n) is 8.16. The van der Waals surface area contributed by atoms with Crippen LogP contribution in [0.25, 0.3) is 0 Å². The van der Waals surface area contributed by atoms with Crippen LogP contribution in [0.3, 0.4) is 0 Å². The third-order valence-corrected chi connectivity index (χ3v) is 4.64. The quantitative estimate of drug-likeness (QED) is 0.760. The van der Waals surface area contributed by atoms with E-state index < -0.39 is 5.54 Å². The number of hydrogen-bond acceptors (Lipinski definition) is 5. The molecule has 0 bridgehead atoms. The molecule has 9 nitrogen and oxygen atoms in total. The number of aryl methyl sites for hydroxylation is 1. The number of amides is 2. The molecular weight excluding hydrogens is 334 g/mol. The maximum absolute atomic E-state index is 12.7. The Balaban J connectivity index is 1.67. The summed E-state index contributed by atoms with van der Waals surface area (Å²) < 4.78 is 0. The topological polar surface area (TPSA) is 120 Å². The van der Waals surface area contributed by atoms with E-state index in [0.29, 0.717) is 36.6 Å². The van der Waals surface area contributed by atoms with Gasteiger partial charge in [-0.1, -0.05) is 20.8 Å². The van der Waals surface area contributed by atoms with Crippen molar-refractivity contribution in [2.45, 2.75) is 52.0 Å². The Morgan fingerprint density at radius 3 is 2.62 bits per heavy atom. The largest absolute Gasteiger partial charge is 0.345 e. The molecule has 0 spiro atoms. The van der Waals surface area contributed by atoms with Crippen LogP contribution in [0.4, 0.5) is 0 Å². The first kappa shape index (κ1) is 18.1. The second-order valence-corrected chi connectivity index (χ2v) is 8.16. The molecule has 3 rings (SSSR count). The lowest BCUT2D eigenvalue weighted by atomic mass is 9.96. The molecule has 1 atom stereocenters. The Hall–Kier alpha value is -2.71. The van der Waals surface area contributed by atoms with E-state index >= 15 is 0 Å². The van der Waals surface area contributed by atoms with E-state index in [1.165, 1.54) is 6.20 Å². The van der Waals surface area contributed by atoms with Crippen LogP contribution in [0.2, 0.25) is 0 Å². The van der Waals surface area contributed by atoms with Crippen molar-refractivity contribution in [3.63, 3.8) is 0 Å². The zero-order valence-corrected chi connectivity index (χ0v) is 15.8. The van der Waals surface area contributed by atoms with Gasteiger partial charge in [0, 0.05) is 24.2 Å². The average molecular weight is 359 g/mol. The fraction of sp³-hybridized carbons (Fsp3) is 0.588. The summed E-state index contributed by atoms with van der Waals surface area (Å²) in [5, 5.41) is 16.6. The van der Waals surface area contributed by atoms with Crippen LogP contribution < -0.4 is 5.32 Å². The lowest BCUT2D eigenvalue weighted by Crippen LogP contribution is -2.48. The highest BCUT2D eigenvalue weighted by Crippen LogP contribution is 2.24. The Bertz CT molecular complexity index is 832. The molecule has 1 aliphatic heterocycles. The van der Waals surface area contributed by atoms with Crippen LogP contribution in [0.5, 0.6) is 0 Å². The Labute approximate surface area is 152 Å². The van der Waals surface area contributed by atoms with Gasteiger partial charge in [0.25, 0.3) is 11.8 Å². The van der Waals surface area contributed by atoms with Gasteiger partial charge in [-0.3, -0.25) is 19.8 Å². The highest BCUT2D eigenvalue weighted by atomic mass is 16.2. The number of aromatic nitrogens is 5. The Morgan fingerprint density at radius 1 is 1.31 bits per heavy atom. The van der Waals surface area contributed by atoms with Crippen molar-refractivity contribution in [3.8, 4) is 0 Å². The summed E-state index contributed by atoms with van der Waals surface area (Å²) in [4.78, 5) is 31.1. The summed E-state index contributed by atoms with van der Waals surface area (Å²) in [6, 6.07) is 0. The number of nitrogens with zero attached hydrogens (tertiary/aromatic N) is 4. The molecule has 2 aromatic rings. The number of carbonyl (C=O) groups excluding carboxylic acids is 2. The van der Waals surface area contributed by atoms with Crippen molar-refractivity contribution in [2.75, 3.05) is 13.1 Å². The van der Waals surface area contributed by atoms with Gasteiger partial charge in [0.15, 0.2) is 0 Å². The molecule has 0 saturated carbocycles. The summed E-state index contributed by atoms with van der Waals surface area (Å²) in [5.74, 6) is 0.415. The van der Waals surface area contributed by atoms with Crippen LogP contribution in [0.15, 0.2) is 6.20 Å². The van der Waals surface area contributed by atoms with Gasteiger partial charge in [-0.25, -0.2) is 4.98 Å². The highest BCUT2D eigenvalue weighted by molar-refractivity contribution is 5.95. The van der Waals surface area contributed by atoms with Crippen molar-refractivity contribution < 1.29 is 9.59 Å². The van der Waals surface area contributed by atoms with Crippen molar-refractivity contribution in [3.05, 3.63) is 29.1 Å². The number of H-pyrrole nitrogens is 2. The monoisotopic (exact) mass is 359 g/mol. The summed E-state index contributed by atoms with van der Waals surface area (Å²) >= 11 is 0. The fourth-order valence-corrected chi connectivity index (χ4v) is 2.99. The molecule has 1 aliphatic rings. The molecule has 2 aromatic heterocycles. The minimum absolute atomic E-state index is 0.163. The predicted octanol–water partition coefficient (Wildman–Crippen LogP) is 1.17. The van der Waals surface area contributed by atoms with Gasteiger partial charge in [0.1, 0.15) is 5.82 Å². The Morgan fingerprint density at radius 2 is 2.04 bits per heavy atom. The van der Waals surface area contributed by atoms with Crippen molar-refractivity contribution in [1.29, 1.82) is 0 Å². The van der Waals surface area contributed by atoms with E-state index in [2.05, 4.69) is 30.7 Å². The zero-order valence-electron chi connectivity index (χ0n) is 15.8. The maximum atomic E-state index is 12.7. The normalized spacial score (nSPS) is 20.4. The number of hydrogen-bond donors (Lipinski definition) is 3. The van der Waals surface area contributed by atoms with Crippen LogP contribution in [0.1, 0.15) is 66.6 Å². The summed E-state index contributed by atoms with van der Waals surface area (Å²) in [7, 11) is 0. The van der Waals surface area contributed by atoms with Gasteiger partial charge in [0.2, 0.25) is 5.82 Å². The number of nitrogens with one attached hydrogen (secondary N) is 3. The predicted molar refractivity (Wildman–Crippen MR) is 94.8 cm³/mol. The lowest BCUT2D eigenvalue weighted by Gasteiger charge is -2.25. The first-order valence-corrected chi connectivity index (χ1v) is 8.64. The van der Waals surface area contributed by atoms with Gasteiger partial charge >= 0.3 is 0 Å². The lowest BCUT2D eigenvalue weighted by molar-refractivity contribution is 0.0758. The van der Waals surface area contributed by atoms with E-state index in [-0.39, 0.29) is 23.1 Å². The minimum atomic E-state index is -0.500. The van der Waals surface area contributed by atoms with Gasteiger partial charge in [0.05, 0.1) is 17.3 Å². The van der Waals surface area contributed by atoms with E-state index in [1.54, 1.807) is 11.8 Å². The zero-order chi connectivity index (χ0) is 19.1. The minimum Gasteiger partial charge on any atom is -0.345 e. The molecule has 26 heavy (non-hydrogen) atoms. The molecule has 9 heteroatoms. The summed E-state index contributed by atoms with van der Waals surface area (Å²) in [5.41, 5.74) is 0.522. The molecule has 3 heterocycles. The van der Waals surface area contributed by atoms with Gasteiger partial charge in [-0.05, 0) is 20.3 Å². The summed E-state index contributed by atoms with van der Waals surface area (Å²) in [6.07, 6.45) is 2.17. The third kappa shape index (κ3) is 3.47. The molecule has 1 saturated heterocycles. The van der Waals surface area contributed by atoms with E-state index in [1.807, 2.05) is 27.7 Å². The van der Waals surface area contributed by atoms with Crippen molar-refractivity contribution in [1.82, 2.24) is 35.6 Å². The molecule has 0 aliphatic carbocycles. The van der Waals surface area contributed by atoms with Gasteiger partial charge in [-0.15, -0.1) is 5.10 Å². The SMILES string of the molecule is Cc1[nH]ncc1C(=O)NC1(C)CCN(C(=O)c2n[nH]c(C(C)(C)C)n2)C1. The first-order valence-electron chi connectivity index (χ1n) is 8.64. The molecular formula is C17H25N7O2. The summed E-state index contributed by atoms with van der Waals surface area (Å²) in [6.45, 7) is 10.7. The molecule has 3 N–H and O–H groups in total. The smallest absolute Gasteiger partial charge is 0.293 e. The van der Waals surface area contributed by atoms with Gasteiger partial charge in [-0.2, -0.15) is 5.10 Å².